The Balaban J connectivity index is 1.81. The number of nitrogens with one attached hydrogen (secondary N) is 1. The van der Waals surface area contributed by atoms with Gasteiger partial charge in [0.05, 0.1) is 0 Å². The van der Waals surface area contributed by atoms with E-state index in [2.05, 4.69) is 15.5 Å². The van der Waals surface area contributed by atoms with Crippen LogP contribution >= 0.6 is 0 Å². The Bertz CT molecular complexity index is 786. The highest BCUT2D eigenvalue weighted by Crippen LogP contribution is 2.30. The van der Waals surface area contributed by atoms with Crippen LogP contribution in [0.15, 0.2) is 47.0 Å². The lowest BCUT2D eigenvalue weighted by atomic mass is 10.0. The van der Waals surface area contributed by atoms with Crippen molar-refractivity contribution in [2.45, 2.75) is 12.0 Å². The smallest absolute Gasteiger partial charge is 0.260 e. The summed E-state index contributed by atoms with van der Waals surface area (Å²) in [7, 11) is 0. The Morgan fingerprint density at radius 2 is 2.00 bits per heavy atom. The fourth-order valence-electron chi connectivity index (χ4n) is 2.80. The molecule has 5 nitrogen and oxygen atoms in total. The predicted octanol–water partition coefficient (Wildman–Crippen LogP) is 2.07. The van der Waals surface area contributed by atoms with Crippen LogP contribution < -0.4 is 5.32 Å². The topological polar surface area (TPSA) is 71.2 Å². The van der Waals surface area contributed by atoms with Crippen LogP contribution in [0.3, 0.4) is 0 Å². The van der Waals surface area contributed by atoms with Crippen LogP contribution in [-0.4, -0.2) is 28.3 Å². The molecule has 1 aliphatic rings. The monoisotopic (exact) mass is 281 g/mol. The maximum atomic E-state index is 10.5. The van der Waals surface area contributed by atoms with Crippen molar-refractivity contribution < 1.29 is 9.63 Å². The molecule has 2 heterocycles. The largest absolute Gasteiger partial charge is 0.379 e. The predicted molar refractivity (Wildman–Crippen MR) is 78.6 cm³/mol. The minimum Gasteiger partial charge on any atom is -0.379 e. The van der Waals surface area contributed by atoms with Gasteiger partial charge in [0, 0.05) is 12.1 Å². The number of hydrogen-bond donors (Lipinski definition) is 2. The van der Waals surface area contributed by atoms with Gasteiger partial charge in [0.2, 0.25) is 5.82 Å². The van der Waals surface area contributed by atoms with Crippen molar-refractivity contribution >= 4 is 10.8 Å². The van der Waals surface area contributed by atoms with Crippen LogP contribution in [-0.2, 0) is 5.60 Å². The van der Waals surface area contributed by atoms with Crippen LogP contribution in [0, 0.1) is 0 Å². The molecule has 0 spiro atoms. The zero-order chi connectivity index (χ0) is 14.3. The molecule has 3 aromatic rings. The fourth-order valence-corrected chi connectivity index (χ4v) is 2.80. The molecule has 1 saturated heterocycles. The first-order valence-electron chi connectivity index (χ1n) is 7.02. The van der Waals surface area contributed by atoms with Crippen molar-refractivity contribution in [1.29, 1.82) is 0 Å². The summed E-state index contributed by atoms with van der Waals surface area (Å²) in [6, 6.07) is 14.1. The third-order valence-electron chi connectivity index (χ3n) is 3.99. The summed E-state index contributed by atoms with van der Waals surface area (Å²) in [5.74, 6) is 0.803. The molecule has 1 atom stereocenters. The van der Waals surface area contributed by atoms with E-state index < -0.39 is 5.60 Å². The van der Waals surface area contributed by atoms with E-state index >= 15 is 0 Å². The highest BCUT2D eigenvalue weighted by Gasteiger charge is 2.38. The molecule has 0 saturated carbocycles. The quantitative estimate of drug-likeness (QED) is 0.752. The Labute approximate surface area is 121 Å². The van der Waals surface area contributed by atoms with Crippen LogP contribution in [0.25, 0.3) is 22.2 Å². The first-order chi connectivity index (χ1) is 10.3. The van der Waals surface area contributed by atoms with E-state index in [9.17, 15) is 5.11 Å². The van der Waals surface area contributed by atoms with Gasteiger partial charge in [0.15, 0.2) is 5.60 Å². The van der Waals surface area contributed by atoms with Crippen molar-refractivity contribution in [3.05, 3.63) is 48.4 Å². The van der Waals surface area contributed by atoms with Crippen LogP contribution in [0.4, 0.5) is 0 Å². The zero-order valence-corrected chi connectivity index (χ0v) is 11.4. The van der Waals surface area contributed by atoms with Crippen molar-refractivity contribution in [2.24, 2.45) is 0 Å². The minimum atomic E-state index is -1.05. The van der Waals surface area contributed by atoms with Crippen molar-refractivity contribution in [2.75, 3.05) is 13.1 Å². The van der Waals surface area contributed by atoms with E-state index in [4.69, 9.17) is 4.52 Å². The highest BCUT2D eigenvalue weighted by atomic mass is 16.5. The Kier molecular flexibility index (Phi) is 2.77. The number of fused-ring (bicyclic) bond motifs is 1. The standard InChI is InChI=1S/C16H15N3O2/c20-16(8-9-17-10-16)15-18-14(19-21-15)13-7-3-5-11-4-1-2-6-12(11)13/h1-7,17,20H,8-10H2. The molecule has 2 aromatic carbocycles. The molecule has 2 N–H and O–H groups in total. The minimum absolute atomic E-state index is 0.287. The summed E-state index contributed by atoms with van der Waals surface area (Å²) in [5.41, 5.74) is -0.131. The molecular formula is C16H15N3O2. The molecule has 0 aliphatic carbocycles. The molecule has 21 heavy (non-hydrogen) atoms. The number of aromatic nitrogens is 2. The van der Waals surface area contributed by atoms with Gasteiger partial charge in [-0.25, -0.2) is 0 Å². The molecule has 1 unspecified atom stereocenters. The number of benzene rings is 2. The van der Waals surface area contributed by atoms with Gasteiger partial charge in [-0.1, -0.05) is 47.6 Å². The Hall–Kier alpha value is -2.24. The van der Waals surface area contributed by atoms with E-state index in [-0.39, 0.29) is 5.89 Å². The molecule has 4 rings (SSSR count). The zero-order valence-electron chi connectivity index (χ0n) is 11.4. The average Bonchev–Trinajstić information content (AvgIpc) is 3.16. The summed E-state index contributed by atoms with van der Waals surface area (Å²) >= 11 is 0. The first-order valence-corrected chi connectivity index (χ1v) is 7.02. The molecule has 0 radical (unpaired) electrons. The van der Waals surface area contributed by atoms with E-state index in [1.54, 1.807) is 0 Å². The number of β-amino-alcohol motifs (C(OH)–C–C–N with tert-alkyl or cyclic N) is 1. The van der Waals surface area contributed by atoms with Gasteiger partial charge >= 0.3 is 0 Å². The lowest BCUT2D eigenvalue weighted by Gasteiger charge is -2.14. The van der Waals surface area contributed by atoms with Gasteiger partial charge in [-0.3, -0.25) is 0 Å². The second-order valence-electron chi connectivity index (χ2n) is 5.41. The molecule has 1 aliphatic heterocycles. The number of hydrogen-bond acceptors (Lipinski definition) is 5. The van der Waals surface area contributed by atoms with Crippen molar-refractivity contribution in [1.82, 2.24) is 15.5 Å². The number of aliphatic hydroxyl groups is 1. The summed E-state index contributed by atoms with van der Waals surface area (Å²) in [4.78, 5) is 4.42. The maximum Gasteiger partial charge on any atom is 0.260 e. The molecule has 1 fully saturated rings. The second kappa shape index (κ2) is 4.65. The summed E-state index contributed by atoms with van der Waals surface area (Å²) in [5, 5.41) is 19.8. The molecule has 1 aromatic heterocycles. The Morgan fingerprint density at radius 1 is 1.14 bits per heavy atom. The number of nitrogens with zero attached hydrogens (tertiary/aromatic N) is 2. The lowest BCUT2D eigenvalue weighted by Crippen LogP contribution is -2.28. The molecule has 5 heteroatoms. The van der Waals surface area contributed by atoms with Gasteiger partial charge < -0.3 is 14.9 Å². The third kappa shape index (κ3) is 2.02. The fraction of sp³-hybridized carbons (Fsp3) is 0.250. The van der Waals surface area contributed by atoms with Gasteiger partial charge in [-0.15, -0.1) is 0 Å². The van der Waals surface area contributed by atoms with Gasteiger partial charge in [0.1, 0.15) is 0 Å². The van der Waals surface area contributed by atoms with E-state index in [0.29, 0.717) is 18.8 Å². The van der Waals surface area contributed by atoms with Crippen LogP contribution in [0.5, 0.6) is 0 Å². The molecular weight excluding hydrogens is 266 g/mol. The van der Waals surface area contributed by atoms with Crippen molar-refractivity contribution in [3.8, 4) is 11.4 Å². The van der Waals surface area contributed by atoms with Gasteiger partial charge in [-0.05, 0) is 23.7 Å². The van der Waals surface area contributed by atoms with Crippen LogP contribution in [0.2, 0.25) is 0 Å². The third-order valence-corrected chi connectivity index (χ3v) is 3.99. The summed E-state index contributed by atoms with van der Waals surface area (Å²) in [6.45, 7) is 1.20. The normalized spacial score (nSPS) is 22.0. The van der Waals surface area contributed by atoms with Gasteiger partial charge in [-0.2, -0.15) is 4.98 Å². The van der Waals surface area contributed by atoms with Crippen LogP contribution in [0.1, 0.15) is 12.3 Å². The van der Waals surface area contributed by atoms with E-state index in [1.807, 2.05) is 42.5 Å². The Morgan fingerprint density at radius 3 is 2.86 bits per heavy atom. The molecule has 106 valence electrons. The van der Waals surface area contributed by atoms with Gasteiger partial charge in [0.25, 0.3) is 5.89 Å². The summed E-state index contributed by atoms with van der Waals surface area (Å²) in [6.07, 6.45) is 0.587. The highest BCUT2D eigenvalue weighted by molar-refractivity contribution is 5.94. The average molecular weight is 281 g/mol. The summed E-state index contributed by atoms with van der Waals surface area (Å²) < 4.78 is 5.30. The number of rotatable bonds is 2. The second-order valence-corrected chi connectivity index (χ2v) is 5.41. The SMILES string of the molecule is OC1(c2nc(-c3cccc4ccccc34)no2)CCNC1. The molecule has 0 amide bonds. The molecule has 0 bridgehead atoms. The van der Waals surface area contributed by atoms with Crippen molar-refractivity contribution in [3.63, 3.8) is 0 Å². The lowest BCUT2D eigenvalue weighted by molar-refractivity contribution is 0.0243. The first kappa shape index (κ1) is 12.5. The van der Waals surface area contributed by atoms with E-state index in [1.165, 1.54) is 0 Å². The maximum absolute atomic E-state index is 10.5. The van der Waals surface area contributed by atoms with E-state index in [0.717, 1.165) is 22.9 Å².